The van der Waals surface area contributed by atoms with Crippen LogP contribution in [0.15, 0.2) is 24.3 Å². The van der Waals surface area contributed by atoms with E-state index in [9.17, 15) is 38.7 Å². The van der Waals surface area contributed by atoms with Crippen LogP contribution in [0, 0.1) is 29.6 Å². The zero-order valence-electron chi connectivity index (χ0n) is 55.1. The van der Waals surface area contributed by atoms with Gasteiger partial charge < -0.3 is 50.0 Å². The van der Waals surface area contributed by atoms with Crippen molar-refractivity contribution in [2.45, 2.75) is 278 Å². The topological polar surface area (TPSA) is 247 Å². The number of nitrogens with zero attached hydrogens (tertiary/aromatic N) is 3. The molecule has 2 saturated heterocycles. The number of hydrogen-bond donors (Lipinski definition) is 4. The van der Waals surface area contributed by atoms with Gasteiger partial charge in [0.1, 0.15) is 42.1 Å². The lowest BCUT2D eigenvalue weighted by Crippen LogP contribution is -2.61. The third-order valence-corrected chi connectivity index (χ3v) is 17.3. The highest BCUT2D eigenvalue weighted by molar-refractivity contribution is 6.05. The number of aliphatic hydroxyl groups excluding tert-OH is 1. The van der Waals surface area contributed by atoms with Gasteiger partial charge in [0.2, 0.25) is 35.4 Å². The third-order valence-electron chi connectivity index (χ3n) is 17.3. The van der Waals surface area contributed by atoms with Gasteiger partial charge in [0.15, 0.2) is 11.9 Å². The quantitative estimate of drug-likeness (QED) is 0.0332. The number of cyclic esters (lactones) is 2. The number of ketones is 1. The van der Waals surface area contributed by atoms with Crippen LogP contribution in [0.1, 0.15) is 223 Å². The molecule has 2 aliphatic heterocycles. The van der Waals surface area contributed by atoms with Gasteiger partial charge in [-0.05, 0) is 87.3 Å². The van der Waals surface area contributed by atoms with Gasteiger partial charge in [-0.25, -0.2) is 4.79 Å². The molecule has 1 unspecified atom stereocenters. The molecule has 0 saturated carbocycles. The first kappa shape index (κ1) is 74.7. The number of carbonyl (C=O) groups excluding carboxylic acids is 9. The Balaban J connectivity index is 2.06. The number of esters is 2. The summed E-state index contributed by atoms with van der Waals surface area (Å²) in [6, 6.07) is -0.576. The van der Waals surface area contributed by atoms with Gasteiger partial charge >= 0.3 is 11.9 Å². The van der Waals surface area contributed by atoms with Crippen LogP contribution in [-0.2, 0) is 59.0 Å². The van der Waals surface area contributed by atoms with E-state index in [1.54, 1.807) is 52.1 Å². The molecular formula is C67H112N6O13. The van der Waals surface area contributed by atoms with Gasteiger partial charge in [0.05, 0.1) is 31.6 Å². The highest BCUT2D eigenvalue weighted by Gasteiger charge is 2.45. The number of methoxy groups -OCH3 is 1. The van der Waals surface area contributed by atoms with Gasteiger partial charge in [-0.1, -0.05) is 171 Å². The minimum Gasteiger partial charge on any atom is -0.497 e. The summed E-state index contributed by atoms with van der Waals surface area (Å²) < 4.78 is 17.4. The summed E-state index contributed by atoms with van der Waals surface area (Å²) in [5, 5.41) is 20.3. The SMILES string of the molecule is CCCCCCCCCCCCCCCCCC(=O)N(C)[C@H](CC(C)C)C(=O)N[C@@H]1C(=O)N[C@H]([C@@H](C)CC)[C@@H](O)CC(=O)OC(C(C)C)C(=O)[C@H](C)C(=O)N[C@@H](CC(C)C)C(=O)N2CCC[C@H]2C(=O)N(C)[C@@H](Cc2ccc(OC)cc2)C(=O)O[C@@H]1C. The van der Waals surface area contributed by atoms with Crippen molar-refractivity contribution in [3.8, 4) is 5.75 Å². The average Bonchev–Trinajstić information content (AvgIpc) is 4.12. The number of unbranched alkanes of at least 4 members (excludes halogenated alkanes) is 14. The van der Waals surface area contributed by atoms with Crippen LogP contribution in [-0.4, -0.2) is 155 Å². The molecule has 1 aromatic carbocycles. The maximum Gasteiger partial charge on any atom is 0.329 e. The van der Waals surface area contributed by atoms with Gasteiger partial charge in [0, 0.05) is 33.5 Å². The Morgan fingerprint density at radius 3 is 1.86 bits per heavy atom. The average molecular weight is 1210 g/mol. The maximum atomic E-state index is 15.0. The van der Waals surface area contributed by atoms with Crippen molar-refractivity contribution in [1.29, 1.82) is 0 Å². The minimum atomic E-state index is -1.66. The zero-order valence-corrected chi connectivity index (χ0v) is 55.1. The molecule has 0 spiro atoms. The van der Waals surface area contributed by atoms with Gasteiger partial charge in [-0.3, -0.25) is 38.4 Å². The summed E-state index contributed by atoms with van der Waals surface area (Å²) in [6.45, 7) is 19.6. The number of hydrogen-bond acceptors (Lipinski definition) is 13. The molecule has 0 aromatic heterocycles. The highest BCUT2D eigenvalue weighted by atomic mass is 16.6. The molecule has 0 bridgehead atoms. The minimum absolute atomic E-state index is 0.0816. The van der Waals surface area contributed by atoms with E-state index in [4.69, 9.17) is 14.2 Å². The van der Waals surface area contributed by atoms with Crippen molar-refractivity contribution < 1.29 is 62.5 Å². The molecular weight excluding hydrogens is 1100 g/mol. The van der Waals surface area contributed by atoms with Crippen LogP contribution < -0.4 is 20.7 Å². The van der Waals surface area contributed by atoms with Crippen molar-refractivity contribution in [2.24, 2.45) is 29.6 Å². The molecule has 1 aromatic rings. The van der Waals surface area contributed by atoms with E-state index in [-0.39, 0.29) is 56.4 Å². The Hall–Kier alpha value is -5.59. The van der Waals surface area contributed by atoms with Crippen molar-refractivity contribution in [2.75, 3.05) is 27.7 Å². The predicted octanol–water partition coefficient (Wildman–Crippen LogP) is 9.21. The molecule has 19 heteroatoms. The summed E-state index contributed by atoms with van der Waals surface area (Å²) in [6.07, 6.45) is 14.1. The first-order valence-electron chi connectivity index (χ1n) is 32.8. The van der Waals surface area contributed by atoms with Gasteiger partial charge in [-0.2, -0.15) is 0 Å². The molecule has 19 nitrogen and oxygen atoms in total. The summed E-state index contributed by atoms with van der Waals surface area (Å²) in [7, 11) is 4.53. The number of aliphatic hydroxyl groups is 1. The fourth-order valence-corrected chi connectivity index (χ4v) is 11.6. The van der Waals surface area contributed by atoms with E-state index < -0.39 is 126 Å². The van der Waals surface area contributed by atoms with Crippen molar-refractivity contribution in [1.82, 2.24) is 30.7 Å². The summed E-state index contributed by atoms with van der Waals surface area (Å²) in [4.78, 5) is 135. The van der Waals surface area contributed by atoms with Crippen LogP contribution in [0.5, 0.6) is 5.75 Å². The van der Waals surface area contributed by atoms with Crippen LogP contribution in [0.25, 0.3) is 0 Å². The highest BCUT2D eigenvalue weighted by Crippen LogP contribution is 2.27. The first-order chi connectivity index (χ1) is 40.8. The molecule has 488 valence electrons. The monoisotopic (exact) mass is 1210 g/mol. The van der Waals surface area contributed by atoms with Gasteiger partial charge in [0.25, 0.3) is 0 Å². The Morgan fingerprint density at radius 2 is 1.34 bits per heavy atom. The number of likely N-dealkylation sites (N-methyl/N-ethyl adjacent to an activating group) is 2. The smallest absolute Gasteiger partial charge is 0.329 e. The second kappa shape index (κ2) is 38.6. The lowest BCUT2D eigenvalue weighted by Gasteiger charge is -2.36. The molecule has 2 aliphatic rings. The number of nitrogens with one attached hydrogen (secondary N) is 3. The molecule has 11 atom stereocenters. The Bertz CT molecular complexity index is 2290. The standard InChI is InChI=1S/C67H112N6O13/c1-15-17-18-19-20-21-22-23-24-25-26-27-28-29-30-33-56(75)71(12)53(40-44(5)6)63(79)70-59-48(11)85-67(83)54(41-49-34-36-50(84-14)37-35-49)72(13)66(82)52-32-31-38-73(52)65(81)51(39-43(3)4)68-62(78)47(10)60(77)61(45(7)8)86-57(76)42-55(74)58(46(9)16-2)69-64(59)80/h34-37,43-48,51-55,58-59,61,74H,15-33,38-42H2,1-14H3,(H,68,78)(H,69,80)(H,70,79)/t46-,47-,48+,51-,52-,53+,54-,55-,58+,59-,61?/m0/s1. The number of ether oxygens (including phenoxy) is 3. The van der Waals surface area contributed by atoms with Crippen molar-refractivity contribution >= 4 is 53.2 Å². The summed E-state index contributed by atoms with van der Waals surface area (Å²) in [5.41, 5.74) is 0.611. The van der Waals surface area contributed by atoms with E-state index in [0.717, 1.165) is 25.7 Å². The van der Waals surface area contributed by atoms with E-state index in [0.29, 0.717) is 30.6 Å². The number of rotatable bonds is 29. The molecule has 3 rings (SSSR count). The number of amides is 6. The fraction of sp³-hybridized carbons (Fsp3) is 0.776. The fourth-order valence-electron chi connectivity index (χ4n) is 11.6. The Kier molecular flexibility index (Phi) is 33.5. The zero-order chi connectivity index (χ0) is 64.2. The lowest BCUT2D eigenvalue weighted by atomic mass is 9.91. The lowest BCUT2D eigenvalue weighted by molar-refractivity contribution is -0.163. The predicted molar refractivity (Wildman–Crippen MR) is 333 cm³/mol. The second-order valence-corrected chi connectivity index (χ2v) is 25.8. The first-order valence-corrected chi connectivity index (χ1v) is 32.8. The largest absolute Gasteiger partial charge is 0.497 e. The Labute approximate surface area is 515 Å². The van der Waals surface area contributed by atoms with E-state index in [2.05, 4.69) is 22.9 Å². The molecule has 4 N–H and O–H groups in total. The molecule has 2 heterocycles. The number of Topliss-reactive ketones (excluding diaryl/α,β-unsaturated/α-hetero) is 1. The Morgan fingerprint density at radius 1 is 0.767 bits per heavy atom. The molecule has 6 amide bonds. The van der Waals surface area contributed by atoms with Gasteiger partial charge in [-0.15, -0.1) is 0 Å². The number of carbonyl (C=O) groups is 9. The number of benzene rings is 1. The number of fused-ring (bicyclic) bond motifs is 1. The van der Waals surface area contributed by atoms with Crippen LogP contribution >= 0.6 is 0 Å². The van der Waals surface area contributed by atoms with Crippen LogP contribution in [0.2, 0.25) is 0 Å². The van der Waals surface area contributed by atoms with Crippen molar-refractivity contribution in [3.63, 3.8) is 0 Å². The van der Waals surface area contributed by atoms with E-state index >= 15 is 9.59 Å². The van der Waals surface area contributed by atoms with Crippen LogP contribution in [0.4, 0.5) is 0 Å². The normalized spacial score (nSPS) is 24.3. The third kappa shape index (κ3) is 24.2. The molecule has 0 aliphatic carbocycles. The molecule has 0 radical (unpaired) electrons. The van der Waals surface area contributed by atoms with E-state index in [1.807, 2.05) is 34.6 Å². The maximum absolute atomic E-state index is 15.0. The van der Waals surface area contributed by atoms with Crippen LogP contribution in [0.3, 0.4) is 0 Å². The summed E-state index contributed by atoms with van der Waals surface area (Å²) >= 11 is 0. The second-order valence-electron chi connectivity index (χ2n) is 25.8. The molecule has 86 heavy (non-hydrogen) atoms. The molecule has 2 fully saturated rings. The summed E-state index contributed by atoms with van der Waals surface area (Å²) in [5.74, 6) is -8.55. The van der Waals surface area contributed by atoms with Crippen molar-refractivity contribution in [3.05, 3.63) is 29.8 Å². The van der Waals surface area contributed by atoms with E-state index in [1.165, 1.54) is 107 Å².